The maximum absolute atomic E-state index is 12.4. The highest BCUT2D eigenvalue weighted by Gasteiger charge is 2.06. The second kappa shape index (κ2) is 23.5. The first-order valence-corrected chi connectivity index (χ1v) is 20.4. The Labute approximate surface area is 329 Å². The highest BCUT2D eigenvalue weighted by Crippen LogP contribution is 2.22. The van der Waals surface area contributed by atoms with E-state index < -0.39 is 0 Å². The van der Waals surface area contributed by atoms with Crippen molar-refractivity contribution in [1.29, 1.82) is 0 Å². The summed E-state index contributed by atoms with van der Waals surface area (Å²) in [5, 5.41) is 7.68. The predicted octanol–water partition coefficient (Wildman–Crippen LogP) is 11.0. The van der Waals surface area contributed by atoms with Crippen LogP contribution in [0, 0.1) is 0 Å². The SMILES string of the molecule is O=C(CCCCCCCCCCOc1ccc2ccc(=O)oc2c1)Nc1ccc(NC(=O)CCCCCCCCCCOc2ccc3ccc(=O)oc3c2)cc1. The third-order valence-corrected chi connectivity index (χ3v) is 9.78. The van der Waals surface area contributed by atoms with Gasteiger partial charge in [0, 0.05) is 59.3 Å². The third kappa shape index (κ3) is 15.4. The minimum atomic E-state index is -0.362. The van der Waals surface area contributed by atoms with Gasteiger partial charge in [0.25, 0.3) is 0 Å². The van der Waals surface area contributed by atoms with Gasteiger partial charge in [-0.3, -0.25) is 9.59 Å². The summed E-state index contributed by atoms with van der Waals surface area (Å²) in [7, 11) is 0. The summed E-state index contributed by atoms with van der Waals surface area (Å²) in [5.74, 6) is 1.46. The molecule has 10 nitrogen and oxygen atoms in total. The fourth-order valence-corrected chi connectivity index (χ4v) is 6.62. The Hall–Kier alpha value is -5.38. The lowest BCUT2D eigenvalue weighted by atomic mass is 10.1. The molecule has 0 aliphatic heterocycles. The number of hydrogen-bond donors (Lipinski definition) is 2. The largest absolute Gasteiger partial charge is 0.493 e. The van der Waals surface area contributed by atoms with Crippen LogP contribution in [0.5, 0.6) is 11.5 Å². The summed E-state index contributed by atoms with van der Waals surface area (Å²) in [5.41, 5.74) is 1.83. The Morgan fingerprint density at radius 2 is 0.768 bits per heavy atom. The monoisotopic (exact) mass is 764 g/mol. The number of amides is 2. The number of benzene rings is 3. The zero-order valence-electron chi connectivity index (χ0n) is 32.5. The minimum absolute atomic E-state index is 0.0136. The molecule has 2 amide bonds. The van der Waals surface area contributed by atoms with Crippen molar-refractivity contribution in [1.82, 2.24) is 0 Å². The topological polar surface area (TPSA) is 137 Å². The van der Waals surface area contributed by atoms with Crippen LogP contribution in [-0.4, -0.2) is 25.0 Å². The van der Waals surface area contributed by atoms with Gasteiger partial charge in [-0.2, -0.15) is 0 Å². The second-order valence-corrected chi connectivity index (χ2v) is 14.4. The van der Waals surface area contributed by atoms with Crippen LogP contribution in [0.15, 0.2) is 103 Å². The van der Waals surface area contributed by atoms with E-state index in [1.54, 1.807) is 24.3 Å². The number of anilines is 2. The van der Waals surface area contributed by atoms with Crippen molar-refractivity contribution in [3.05, 3.63) is 106 Å². The fourth-order valence-electron chi connectivity index (χ4n) is 6.62. The quantitative estimate of drug-likeness (QED) is 0.0419. The first-order chi connectivity index (χ1) is 27.4. The molecule has 0 aliphatic carbocycles. The molecular weight excluding hydrogens is 709 g/mol. The van der Waals surface area contributed by atoms with Crippen LogP contribution < -0.4 is 31.4 Å². The van der Waals surface area contributed by atoms with Crippen molar-refractivity contribution in [3.8, 4) is 11.5 Å². The number of unbranched alkanes of at least 4 members (excludes halogenated alkanes) is 14. The van der Waals surface area contributed by atoms with Crippen molar-refractivity contribution < 1.29 is 27.9 Å². The molecular formula is C46H56N2O8. The summed E-state index contributed by atoms with van der Waals surface area (Å²) in [6, 6.07) is 24.8. The van der Waals surface area contributed by atoms with E-state index in [1.807, 2.05) is 48.5 Å². The van der Waals surface area contributed by atoms with Crippen molar-refractivity contribution >= 4 is 45.1 Å². The van der Waals surface area contributed by atoms with Crippen molar-refractivity contribution in [3.63, 3.8) is 0 Å². The fraction of sp³-hybridized carbons (Fsp3) is 0.435. The molecule has 298 valence electrons. The van der Waals surface area contributed by atoms with Crippen molar-refractivity contribution in [2.45, 2.75) is 116 Å². The van der Waals surface area contributed by atoms with Crippen molar-refractivity contribution in [2.24, 2.45) is 0 Å². The predicted molar refractivity (Wildman–Crippen MR) is 223 cm³/mol. The van der Waals surface area contributed by atoms with E-state index in [2.05, 4.69) is 10.6 Å². The molecule has 0 spiro atoms. The first-order valence-electron chi connectivity index (χ1n) is 20.4. The maximum atomic E-state index is 12.4. The number of carbonyl (C=O) groups excluding carboxylic acids is 2. The molecule has 2 aromatic heterocycles. The van der Waals surface area contributed by atoms with E-state index in [4.69, 9.17) is 18.3 Å². The Morgan fingerprint density at radius 1 is 0.429 bits per heavy atom. The van der Waals surface area contributed by atoms with Gasteiger partial charge in [0.15, 0.2) is 0 Å². The normalized spacial score (nSPS) is 11.1. The molecule has 0 bridgehead atoms. The summed E-state index contributed by atoms with van der Waals surface area (Å²) >= 11 is 0. The standard InChI is InChI=1S/C46H56N2O8/c49-43(17-13-9-5-1-3-7-11-15-31-53-39-27-19-35-21-29-45(51)55-41(35)33-39)47-37-23-25-38(26-24-37)48-44(50)18-14-10-6-2-4-8-12-16-32-54-40-28-20-36-22-30-46(52)56-42(36)34-40/h19-30,33-34H,1-18,31-32H2,(H,47,49)(H,48,50). The Bertz CT molecular complexity index is 1920. The number of ether oxygens (including phenoxy) is 2. The van der Waals surface area contributed by atoms with Gasteiger partial charge >= 0.3 is 11.3 Å². The van der Waals surface area contributed by atoms with E-state index in [0.717, 1.165) is 112 Å². The van der Waals surface area contributed by atoms with E-state index in [9.17, 15) is 19.2 Å². The average Bonchev–Trinajstić information content (AvgIpc) is 3.19. The van der Waals surface area contributed by atoms with Crippen molar-refractivity contribution in [2.75, 3.05) is 23.8 Å². The molecule has 0 saturated heterocycles. The summed E-state index contributed by atoms with van der Waals surface area (Å²) in [6.45, 7) is 1.27. The van der Waals surface area contributed by atoms with Gasteiger partial charge in [-0.1, -0.05) is 77.0 Å². The number of rotatable bonds is 26. The van der Waals surface area contributed by atoms with Crippen LogP contribution in [0.3, 0.4) is 0 Å². The summed E-state index contributed by atoms with van der Waals surface area (Å²) in [4.78, 5) is 47.7. The third-order valence-electron chi connectivity index (χ3n) is 9.78. The molecule has 0 unspecified atom stereocenters. The van der Waals surface area contributed by atoms with E-state index in [0.29, 0.717) is 48.7 Å². The lowest BCUT2D eigenvalue weighted by Crippen LogP contribution is -2.12. The van der Waals surface area contributed by atoms with Gasteiger partial charge in [-0.15, -0.1) is 0 Å². The summed E-state index contributed by atoms with van der Waals surface area (Å²) < 4.78 is 22.1. The molecule has 5 rings (SSSR count). The van der Waals surface area contributed by atoms with Gasteiger partial charge in [-0.25, -0.2) is 9.59 Å². The van der Waals surface area contributed by atoms with Gasteiger partial charge in [-0.05, 0) is 86.3 Å². The van der Waals surface area contributed by atoms with Crippen LogP contribution >= 0.6 is 0 Å². The van der Waals surface area contributed by atoms with Gasteiger partial charge in [0.05, 0.1) is 13.2 Å². The molecule has 0 aliphatic rings. The lowest BCUT2D eigenvalue weighted by Gasteiger charge is -2.09. The Kier molecular flexibility index (Phi) is 17.5. The maximum Gasteiger partial charge on any atom is 0.336 e. The van der Waals surface area contributed by atoms with Gasteiger partial charge in [0.2, 0.25) is 11.8 Å². The van der Waals surface area contributed by atoms with Gasteiger partial charge in [0.1, 0.15) is 22.7 Å². The molecule has 0 atom stereocenters. The zero-order chi connectivity index (χ0) is 39.2. The smallest absolute Gasteiger partial charge is 0.336 e. The number of hydrogen-bond acceptors (Lipinski definition) is 8. The highest BCUT2D eigenvalue weighted by atomic mass is 16.5. The van der Waals surface area contributed by atoms with Gasteiger partial charge < -0.3 is 28.9 Å². The molecule has 5 aromatic rings. The minimum Gasteiger partial charge on any atom is -0.493 e. The van der Waals surface area contributed by atoms with E-state index in [1.165, 1.54) is 25.0 Å². The first kappa shape index (κ1) is 41.8. The Morgan fingerprint density at radius 3 is 1.16 bits per heavy atom. The Balaban J connectivity index is 0.790. The zero-order valence-corrected chi connectivity index (χ0v) is 32.5. The van der Waals surface area contributed by atoms with E-state index in [-0.39, 0.29) is 23.1 Å². The molecule has 2 heterocycles. The van der Waals surface area contributed by atoms with Crippen LogP contribution in [0.1, 0.15) is 116 Å². The van der Waals surface area contributed by atoms with Crippen LogP contribution in [-0.2, 0) is 9.59 Å². The van der Waals surface area contributed by atoms with E-state index >= 15 is 0 Å². The van der Waals surface area contributed by atoms with Crippen LogP contribution in [0.4, 0.5) is 11.4 Å². The summed E-state index contributed by atoms with van der Waals surface area (Å²) in [6.07, 6.45) is 18.2. The molecule has 0 fully saturated rings. The molecule has 56 heavy (non-hydrogen) atoms. The van der Waals surface area contributed by atoms with Crippen LogP contribution in [0.2, 0.25) is 0 Å². The number of nitrogens with one attached hydrogen (secondary N) is 2. The number of fused-ring (bicyclic) bond motifs is 2. The molecule has 0 radical (unpaired) electrons. The molecule has 3 aromatic carbocycles. The highest BCUT2D eigenvalue weighted by molar-refractivity contribution is 5.93. The average molecular weight is 765 g/mol. The second-order valence-electron chi connectivity index (χ2n) is 14.4. The molecule has 2 N–H and O–H groups in total. The lowest BCUT2D eigenvalue weighted by molar-refractivity contribution is -0.117. The van der Waals surface area contributed by atoms with Crippen LogP contribution in [0.25, 0.3) is 21.9 Å². The molecule has 10 heteroatoms. The molecule has 0 saturated carbocycles. The number of carbonyl (C=O) groups is 2.